The third-order valence-corrected chi connectivity index (χ3v) is 3.12. The summed E-state index contributed by atoms with van der Waals surface area (Å²) in [7, 11) is 1.60. The zero-order valence-corrected chi connectivity index (χ0v) is 13.3. The number of rotatable bonds is 9. The Hall–Kier alpha value is -1.05. The van der Waals surface area contributed by atoms with Crippen LogP contribution in [-0.4, -0.2) is 39.4 Å². The first-order chi connectivity index (χ1) is 10.1. The van der Waals surface area contributed by atoms with Gasteiger partial charge in [-0.05, 0) is 25.0 Å². The third-order valence-electron chi connectivity index (χ3n) is 2.67. The maximum Gasteiger partial charge on any atom is 0.257 e. The molecule has 0 aromatic heterocycles. The average Bonchev–Trinajstić information content (AvgIpc) is 2.40. The average molecular weight is 366 g/mol. The highest BCUT2D eigenvalue weighted by molar-refractivity contribution is 9.10. The fourth-order valence-electron chi connectivity index (χ4n) is 1.62. The van der Waals surface area contributed by atoms with Gasteiger partial charge in [0.25, 0.3) is 5.91 Å². The van der Waals surface area contributed by atoms with Crippen molar-refractivity contribution >= 4 is 21.8 Å². The maximum atomic E-state index is 13.5. The van der Waals surface area contributed by atoms with Gasteiger partial charge in [0.15, 0.2) is 0 Å². The second-order valence-corrected chi connectivity index (χ2v) is 5.23. The van der Waals surface area contributed by atoms with Gasteiger partial charge in [-0.15, -0.1) is 0 Å². The van der Waals surface area contributed by atoms with Crippen LogP contribution >= 0.6 is 15.9 Å². The molecule has 1 aromatic rings. The molecule has 0 fully saturated rings. The van der Waals surface area contributed by atoms with Crippen molar-refractivity contribution in [2.45, 2.75) is 12.8 Å². The highest BCUT2D eigenvalue weighted by Gasteiger charge is 2.17. The molecule has 0 unspecified atom stereocenters. The number of benzene rings is 1. The minimum absolute atomic E-state index is 0.252. The molecule has 0 aliphatic carbocycles. The van der Waals surface area contributed by atoms with Crippen molar-refractivity contribution in [2.24, 2.45) is 0 Å². The summed E-state index contributed by atoms with van der Waals surface area (Å²) in [5.41, 5.74) is -0.561. The standard InChI is InChI=1S/C14H18BrF2NO3/c1-20-6-7-21-5-3-2-4-18-14(19)13-11(16)8-10(15)9-12(13)17/h8-9H,2-7H2,1H3,(H,18,19). The molecule has 0 atom stereocenters. The molecular weight excluding hydrogens is 348 g/mol. The van der Waals surface area contributed by atoms with E-state index in [9.17, 15) is 13.6 Å². The van der Waals surface area contributed by atoms with Gasteiger partial charge in [-0.25, -0.2) is 8.78 Å². The van der Waals surface area contributed by atoms with E-state index in [2.05, 4.69) is 21.2 Å². The number of nitrogens with one attached hydrogen (secondary N) is 1. The molecule has 0 aliphatic rings. The molecule has 1 aromatic carbocycles. The molecule has 0 saturated carbocycles. The molecule has 118 valence electrons. The second kappa shape index (κ2) is 9.81. The van der Waals surface area contributed by atoms with Crippen LogP contribution in [0.1, 0.15) is 23.2 Å². The summed E-state index contributed by atoms with van der Waals surface area (Å²) in [6, 6.07) is 2.11. The van der Waals surface area contributed by atoms with E-state index in [-0.39, 0.29) is 4.47 Å². The highest BCUT2D eigenvalue weighted by atomic mass is 79.9. The van der Waals surface area contributed by atoms with E-state index in [1.807, 2.05) is 0 Å². The number of ether oxygens (including phenoxy) is 2. The van der Waals surface area contributed by atoms with Crippen molar-refractivity contribution in [3.05, 3.63) is 33.8 Å². The summed E-state index contributed by atoms with van der Waals surface area (Å²) in [5, 5.41) is 2.49. The smallest absolute Gasteiger partial charge is 0.257 e. The molecule has 0 aliphatic heterocycles. The van der Waals surface area contributed by atoms with E-state index in [0.717, 1.165) is 18.6 Å². The van der Waals surface area contributed by atoms with Gasteiger partial charge in [0.05, 0.1) is 13.2 Å². The fourth-order valence-corrected chi connectivity index (χ4v) is 2.02. The van der Waals surface area contributed by atoms with Crippen molar-refractivity contribution in [1.82, 2.24) is 5.32 Å². The lowest BCUT2D eigenvalue weighted by atomic mass is 10.2. The molecule has 0 saturated heterocycles. The second-order valence-electron chi connectivity index (χ2n) is 4.31. The van der Waals surface area contributed by atoms with Crippen LogP contribution in [0, 0.1) is 11.6 Å². The van der Waals surface area contributed by atoms with Gasteiger partial charge in [-0.1, -0.05) is 15.9 Å². The Kier molecular flexibility index (Phi) is 8.41. The van der Waals surface area contributed by atoms with Crippen LogP contribution in [0.4, 0.5) is 8.78 Å². The SMILES string of the molecule is COCCOCCCCNC(=O)c1c(F)cc(Br)cc1F. The summed E-state index contributed by atoms with van der Waals surface area (Å²) >= 11 is 2.96. The lowest BCUT2D eigenvalue weighted by Crippen LogP contribution is -2.26. The predicted octanol–water partition coefficient (Wildman–Crippen LogP) is 2.90. The van der Waals surface area contributed by atoms with Gasteiger partial charge in [0.2, 0.25) is 0 Å². The molecule has 1 amide bonds. The topological polar surface area (TPSA) is 47.6 Å². The maximum absolute atomic E-state index is 13.5. The normalized spacial score (nSPS) is 10.7. The van der Waals surface area contributed by atoms with Gasteiger partial charge < -0.3 is 14.8 Å². The van der Waals surface area contributed by atoms with Crippen LogP contribution in [-0.2, 0) is 9.47 Å². The van der Waals surface area contributed by atoms with Crippen LogP contribution < -0.4 is 5.32 Å². The predicted molar refractivity (Wildman–Crippen MR) is 78.3 cm³/mol. The Morgan fingerprint density at radius 2 is 1.86 bits per heavy atom. The molecule has 7 heteroatoms. The Bertz CT molecular complexity index is 449. The summed E-state index contributed by atoms with van der Waals surface area (Å²) in [5.74, 6) is -2.53. The monoisotopic (exact) mass is 365 g/mol. The van der Waals surface area contributed by atoms with Gasteiger partial charge in [-0.2, -0.15) is 0 Å². The highest BCUT2D eigenvalue weighted by Crippen LogP contribution is 2.19. The Balaban J connectivity index is 2.29. The van der Waals surface area contributed by atoms with E-state index in [0.29, 0.717) is 32.8 Å². The first kappa shape index (κ1) is 18.0. The molecule has 0 radical (unpaired) electrons. The lowest BCUT2D eigenvalue weighted by Gasteiger charge is -2.08. The Morgan fingerprint density at radius 3 is 2.48 bits per heavy atom. The number of amides is 1. The van der Waals surface area contributed by atoms with E-state index in [1.54, 1.807) is 7.11 Å². The van der Waals surface area contributed by atoms with Crippen LogP contribution in [0.3, 0.4) is 0 Å². The summed E-state index contributed by atoms with van der Waals surface area (Å²) < 4.78 is 37.4. The molecule has 21 heavy (non-hydrogen) atoms. The molecule has 0 spiro atoms. The van der Waals surface area contributed by atoms with Gasteiger partial charge in [0.1, 0.15) is 17.2 Å². The number of unbranched alkanes of at least 4 members (excludes halogenated alkanes) is 1. The Labute approximate surface area is 130 Å². The van der Waals surface area contributed by atoms with Gasteiger partial charge >= 0.3 is 0 Å². The van der Waals surface area contributed by atoms with Crippen LogP contribution in [0.2, 0.25) is 0 Å². The van der Waals surface area contributed by atoms with Crippen molar-refractivity contribution in [3.63, 3.8) is 0 Å². The summed E-state index contributed by atoms with van der Waals surface area (Å²) in [6.07, 6.45) is 1.41. The molecule has 4 nitrogen and oxygen atoms in total. The minimum Gasteiger partial charge on any atom is -0.382 e. The lowest BCUT2D eigenvalue weighted by molar-refractivity contribution is 0.0686. The number of halogens is 3. The minimum atomic E-state index is -0.887. The zero-order valence-electron chi connectivity index (χ0n) is 11.8. The first-order valence-corrected chi connectivity index (χ1v) is 7.35. The van der Waals surface area contributed by atoms with E-state index in [1.165, 1.54) is 0 Å². The van der Waals surface area contributed by atoms with E-state index in [4.69, 9.17) is 9.47 Å². The molecular formula is C14H18BrF2NO3. The summed E-state index contributed by atoms with van der Waals surface area (Å²) in [6.45, 7) is 1.96. The molecule has 1 N–H and O–H groups in total. The molecule has 0 heterocycles. The number of methoxy groups -OCH3 is 1. The number of carbonyl (C=O) groups is 1. The van der Waals surface area contributed by atoms with Crippen LogP contribution in [0.25, 0.3) is 0 Å². The molecule has 0 bridgehead atoms. The fraction of sp³-hybridized carbons (Fsp3) is 0.500. The molecule has 1 rings (SSSR count). The summed E-state index contributed by atoms with van der Waals surface area (Å²) in [4.78, 5) is 11.7. The first-order valence-electron chi connectivity index (χ1n) is 6.55. The number of carbonyl (C=O) groups excluding carboxylic acids is 1. The van der Waals surface area contributed by atoms with Crippen molar-refractivity contribution in [3.8, 4) is 0 Å². The van der Waals surface area contributed by atoms with Crippen molar-refractivity contribution in [1.29, 1.82) is 0 Å². The van der Waals surface area contributed by atoms with Crippen molar-refractivity contribution in [2.75, 3.05) is 33.5 Å². The van der Waals surface area contributed by atoms with Gasteiger partial charge in [0, 0.05) is 24.7 Å². The number of hydrogen-bond donors (Lipinski definition) is 1. The van der Waals surface area contributed by atoms with Crippen molar-refractivity contribution < 1.29 is 23.0 Å². The van der Waals surface area contributed by atoms with Crippen LogP contribution in [0.15, 0.2) is 16.6 Å². The zero-order chi connectivity index (χ0) is 15.7. The third kappa shape index (κ3) is 6.50. The Morgan fingerprint density at radius 1 is 1.19 bits per heavy atom. The van der Waals surface area contributed by atoms with E-state index >= 15 is 0 Å². The van der Waals surface area contributed by atoms with E-state index < -0.39 is 23.1 Å². The number of hydrogen-bond acceptors (Lipinski definition) is 3. The quantitative estimate of drug-likeness (QED) is 0.684. The largest absolute Gasteiger partial charge is 0.382 e. The van der Waals surface area contributed by atoms with Crippen LogP contribution in [0.5, 0.6) is 0 Å². The van der Waals surface area contributed by atoms with Gasteiger partial charge in [-0.3, -0.25) is 4.79 Å².